The Balaban J connectivity index is 1.77. The Labute approximate surface area is 128 Å². The van der Waals surface area contributed by atoms with Gasteiger partial charge in [-0.25, -0.2) is 0 Å². The Hall–Kier alpha value is -0.210. The smallest absolute Gasteiger partial charge is 0.279 e. The zero-order valence-corrected chi connectivity index (χ0v) is 14.0. The molecule has 2 unspecified atom stereocenters. The monoisotopic (exact) mass is 319 g/mol. The van der Waals surface area contributed by atoms with E-state index >= 15 is 0 Å². The van der Waals surface area contributed by atoms with Gasteiger partial charge in [-0.15, -0.1) is 0 Å². The molecule has 0 aromatic carbocycles. The molecule has 1 saturated carbocycles. The van der Waals surface area contributed by atoms with E-state index in [-0.39, 0.29) is 6.10 Å². The molecule has 0 aromatic heterocycles. The lowest BCUT2D eigenvalue weighted by Gasteiger charge is -2.32. The molecule has 0 bridgehead atoms. The Morgan fingerprint density at radius 2 is 2.10 bits per heavy atom. The van der Waals surface area contributed by atoms with Crippen molar-refractivity contribution < 1.29 is 13.2 Å². The molecule has 1 saturated heterocycles. The molecule has 7 heteroatoms. The van der Waals surface area contributed by atoms with Crippen LogP contribution < -0.4 is 10.0 Å². The van der Waals surface area contributed by atoms with Gasteiger partial charge in [-0.1, -0.05) is 0 Å². The van der Waals surface area contributed by atoms with Gasteiger partial charge in [0.15, 0.2) is 0 Å². The predicted octanol–water partition coefficient (Wildman–Crippen LogP) is 0.710. The maximum atomic E-state index is 12.3. The Morgan fingerprint density at radius 1 is 1.33 bits per heavy atom. The first-order chi connectivity index (χ1) is 10.0. The summed E-state index contributed by atoms with van der Waals surface area (Å²) in [6, 6.07) is 0.683. The summed E-state index contributed by atoms with van der Waals surface area (Å²) >= 11 is 0. The van der Waals surface area contributed by atoms with E-state index in [2.05, 4.69) is 10.0 Å². The van der Waals surface area contributed by atoms with E-state index in [1.54, 1.807) is 4.31 Å². The number of nitrogens with one attached hydrogen (secondary N) is 2. The minimum atomic E-state index is -3.38. The van der Waals surface area contributed by atoms with Gasteiger partial charge < -0.3 is 10.1 Å². The minimum absolute atomic E-state index is 0.0955. The Morgan fingerprint density at radius 3 is 2.76 bits per heavy atom. The highest BCUT2D eigenvalue weighted by Crippen LogP contribution is 2.22. The van der Waals surface area contributed by atoms with Crippen LogP contribution in [0.2, 0.25) is 0 Å². The fourth-order valence-corrected chi connectivity index (χ4v) is 4.09. The molecule has 124 valence electrons. The molecule has 0 radical (unpaired) electrons. The molecular formula is C14H29N3O3S. The lowest BCUT2D eigenvalue weighted by atomic mass is 10.00. The van der Waals surface area contributed by atoms with Crippen LogP contribution >= 0.6 is 0 Å². The van der Waals surface area contributed by atoms with Gasteiger partial charge in [0.25, 0.3) is 10.2 Å². The maximum absolute atomic E-state index is 12.3. The van der Waals surface area contributed by atoms with Gasteiger partial charge in [-0.3, -0.25) is 0 Å². The van der Waals surface area contributed by atoms with Gasteiger partial charge in [0.05, 0.1) is 6.10 Å². The summed E-state index contributed by atoms with van der Waals surface area (Å²) in [5.41, 5.74) is 0. The van der Waals surface area contributed by atoms with Crippen LogP contribution in [-0.4, -0.2) is 57.7 Å². The highest BCUT2D eigenvalue weighted by Gasteiger charge is 2.30. The van der Waals surface area contributed by atoms with Crippen molar-refractivity contribution in [3.63, 3.8) is 0 Å². The summed E-state index contributed by atoms with van der Waals surface area (Å²) in [6.45, 7) is 6.90. The summed E-state index contributed by atoms with van der Waals surface area (Å²) in [5, 5.41) is 3.50. The third-order valence-corrected chi connectivity index (χ3v) is 5.64. The number of nitrogens with zero attached hydrogens (tertiary/aromatic N) is 1. The lowest BCUT2D eigenvalue weighted by molar-refractivity contribution is 0.0795. The van der Waals surface area contributed by atoms with Gasteiger partial charge >= 0.3 is 0 Å². The zero-order valence-electron chi connectivity index (χ0n) is 13.2. The average molecular weight is 319 g/mol. The molecule has 21 heavy (non-hydrogen) atoms. The molecule has 1 aliphatic heterocycles. The van der Waals surface area contributed by atoms with Crippen LogP contribution in [0, 0.1) is 5.92 Å². The summed E-state index contributed by atoms with van der Waals surface area (Å²) in [7, 11) is -3.38. The highest BCUT2D eigenvalue weighted by molar-refractivity contribution is 7.87. The summed E-state index contributed by atoms with van der Waals surface area (Å²) in [5.74, 6) is 0.431. The molecule has 0 spiro atoms. The standard InChI is InChI=1S/C14H29N3O3S/c1-3-20-12(2)9-16-21(18,19)17-8-4-5-13(11-17)10-15-14-6-7-14/h12-16H,3-11H2,1-2H3. The average Bonchev–Trinajstić information content (AvgIpc) is 3.28. The Kier molecular flexibility index (Phi) is 6.43. The van der Waals surface area contributed by atoms with E-state index in [4.69, 9.17) is 4.74 Å². The van der Waals surface area contributed by atoms with Crippen LogP contribution in [0.25, 0.3) is 0 Å². The first-order valence-electron chi connectivity index (χ1n) is 8.11. The quantitative estimate of drug-likeness (QED) is 0.657. The SMILES string of the molecule is CCOC(C)CNS(=O)(=O)N1CCCC(CNC2CC2)C1. The molecule has 1 heterocycles. The summed E-state index contributed by atoms with van der Waals surface area (Å²) in [4.78, 5) is 0. The van der Waals surface area contributed by atoms with Crippen molar-refractivity contribution in [3.05, 3.63) is 0 Å². The van der Waals surface area contributed by atoms with Crippen molar-refractivity contribution in [2.45, 2.75) is 51.7 Å². The van der Waals surface area contributed by atoms with Crippen molar-refractivity contribution in [1.29, 1.82) is 0 Å². The van der Waals surface area contributed by atoms with Crippen molar-refractivity contribution in [3.8, 4) is 0 Å². The van der Waals surface area contributed by atoms with Crippen LogP contribution in [0.3, 0.4) is 0 Å². The molecule has 2 N–H and O–H groups in total. The second kappa shape index (κ2) is 7.87. The van der Waals surface area contributed by atoms with E-state index in [1.165, 1.54) is 12.8 Å². The van der Waals surface area contributed by atoms with Crippen LogP contribution in [0.15, 0.2) is 0 Å². The van der Waals surface area contributed by atoms with E-state index in [0.29, 0.717) is 38.2 Å². The first-order valence-corrected chi connectivity index (χ1v) is 9.55. The minimum Gasteiger partial charge on any atom is -0.377 e. The van der Waals surface area contributed by atoms with Crippen LogP contribution in [0.4, 0.5) is 0 Å². The van der Waals surface area contributed by atoms with Gasteiger partial charge in [-0.05, 0) is 52.0 Å². The highest BCUT2D eigenvalue weighted by atomic mass is 32.2. The fraction of sp³-hybridized carbons (Fsp3) is 1.00. The topological polar surface area (TPSA) is 70.7 Å². The first kappa shape index (κ1) is 17.1. The normalized spacial score (nSPS) is 25.9. The van der Waals surface area contributed by atoms with E-state index < -0.39 is 10.2 Å². The predicted molar refractivity (Wildman–Crippen MR) is 83.3 cm³/mol. The fourth-order valence-electron chi connectivity index (χ4n) is 2.69. The van der Waals surface area contributed by atoms with Crippen LogP contribution in [0.5, 0.6) is 0 Å². The zero-order chi connectivity index (χ0) is 15.3. The van der Waals surface area contributed by atoms with Gasteiger partial charge in [0, 0.05) is 32.3 Å². The van der Waals surface area contributed by atoms with Crippen LogP contribution in [-0.2, 0) is 14.9 Å². The van der Waals surface area contributed by atoms with E-state index in [0.717, 1.165) is 19.4 Å². The van der Waals surface area contributed by atoms with Crippen molar-refractivity contribution in [2.24, 2.45) is 5.92 Å². The van der Waals surface area contributed by atoms with Gasteiger partial charge in [0.2, 0.25) is 0 Å². The second-order valence-electron chi connectivity index (χ2n) is 6.17. The maximum Gasteiger partial charge on any atom is 0.279 e. The molecule has 2 fully saturated rings. The van der Waals surface area contributed by atoms with Crippen molar-refractivity contribution >= 4 is 10.2 Å². The third-order valence-electron chi connectivity index (χ3n) is 4.10. The molecule has 2 atom stereocenters. The lowest BCUT2D eigenvalue weighted by Crippen LogP contribution is -2.49. The van der Waals surface area contributed by atoms with Gasteiger partial charge in [0.1, 0.15) is 0 Å². The van der Waals surface area contributed by atoms with Gasteiger partial charge in [-0.2, -0.15) is 17.4 Å². The molecule has 0 amide bonds. The second-order valence-corrected chi connectivity index (χ2v) is 7.92. The number of piperidine rings is 1. The van der Waals surface area contributed by atoms with E-state index in [1.807, 2.05) is 13.8 Å². The summed E-state index contributed by atoms with van der Waals surface area (Å²) in [6.07, 6.45) is 4.50. The van der Waals surface area contributed by atoms with Crippen molar-refractivity contribution in [1.82, 2.24) is 14.3 Å². The van der Waals surface area contributed by atoms with E-state index in [9.17, 15) is 8.42 Å². The Bertz CT molecular complexity index is 412. The molecule has 6 nitrogen and oxygen atoms in total. The number of hydrogen-bond donors (Lipinski definition) is 2. The molecular weight excluding hydrogens is 290 g/mol. The summed E-state index contributed by atoms with van der Waals surface area (Å²) < 4.78 is 34.3. The number of ether oxygens (including phenoxy) is 1. The number of hydrogen-bond acceptors (Lipinski definition) is 4. The third kappa shape index (κ3) is 5.83. The number of rotatable bonds is 9. The van der Waals surface area contributed by atoms with Crippen molar-refractivity contribution in [2.75, 3.05) is 32.8 Å². The molecule has 2 aliphatic rings. The molecule has 0 aromatic rings. The molecule has 1 aliphatic carbocycles. The van der Waals surface area contributed by atoms with Crippen LogP contribution in [0.1, 0.15) is 39.5 Å². The molecule has 2 rings (SSSR count). The largest absolute Gasteiger partial charge is 0.377 e.